The molecule has 0 aliphatic carbocycles. The van der Waals surface area contributed by atoms with E-state index in [9.17, 15) is 4.79 Å². The van der Waals surface area contributed by atoms with Gasteiger partial charge in [0.2, 0.25) is 5.91 Å². The summed E-state index contributed by atoms with van der Waals surface area (Å²) >= 11 is 0. The van der Waals surface area contributed by atoms with E-state index in [2.05, 4.69) is 5.32 Å². The minimum absolute atomic E-state index is 0.0377. The second-order valence-electron chi connectivity index (χ2n) is 6.80. The molecular weight excluding hydrogens is 352 g/mol. The average molecular weight is 378 g/mol. The summed E-state index contributed by atoms with van der Waals surface area (Å²) in [6, 6.07) is 20.0. The Labute approximate surface area is 165 Å². The molecule has 0 radical (unpaired) electrons. The van der Waals surface area contributed by atoms with E-state index < -0.39 is 0 Å². The Bertz CT molecular complexity index is 873. The summed E-state index contributed by atoms with van der Waals surface area (Å²) in [4.78, 5) is 14.6. The van der Waals surface area contributed by atoms with Crippen LogP contribution >= 0.6 is 0 Å². The third kappa shape index (κ3) is 5.72. The number of anilines is 1. The first-order valence-corrected chi connectivity index (χ1v) is 9.31. The maximum absolute atomic E-state index is 12.6. The summed E-state index contributed by atoms with van der Waals surface area (Å²) in [7, 11) is 1.67. The quantitative estimate of drug-likeness (QED) is 0.610. The molecule has 0 fully saturated rings. The van der Waals surface area contributed by atoms with Gasteiger partial charge in [-0.1, -0.05) is 42.0 Å². The van der Waals surface area contributed by atoms with E-state index in [1.807, 2.05) is 72.5 Å². The molecule has 0 atom stereocenters. The number of carbonyl (C=O) groups excluding carboxylic acids is 1. The first-order chi connectivity index (χ1) is 13.6. The molecule has 2 aromatic carbocycles. The highest BCUT2D eigenvalue weighted by Crippen LogP contribution is 2.18. The van der Waals surface area contributed by atoms with Crippen LogP contribution in [0.2, 0.25) is 0 Å². The summed E-state index contributed by atoms with van der Waals surface area (Å²) in [6.07, 6.45) is 1.65. The lowest BCUT2D eigenvalue weighted by Gasteiger charge is -2.23. The van der Waals surface area contributed by atoms with Gasteiger partial charge in [-0.3, -0.25) is 4.79 Å². The molecule has 0 unspecified atom stereocenters. The van der Waals surface area contributed by atoms with Crippen molar-refractivity contribution in [2.45, 2.75) is 26.6 Å². The maximum Gasteiger partial charge on any atom is 0.239 e. The molecule has 0 spiro atoms. The van der Waals surface area contributed by atoms with Crippen LogP contribution in [0.25, 0.3) is 0 Å². The van der Waals surface area contributed by atoms with Crippen LogP contribution in [0.15, 0.2) is 71.3 Å². The van der Waals surface area contributed by atoms with Gasteiger partial charge in [-0.15, -0.1) is 0 Å². The number of hydrogen-bond acceptors (Lipinski definition) is 4. The van der Waals surface area contributed by atoms with Crippen molar-refractivity contribution in [3.05, 3.63) is 89.4 Å². The van der Waals surface area contributed by atoms with Crippen molar-refractivity contribution in [3.8, 4) is 0 Å². The number of nitrogens with zero attached hydrogens (tertiary/aromatic N) is 1. The molecule has 1 aromatic heterocycles. The minimum atomic E-state index is -0.0377. The molecule has 0 saturated carbocycles. The topological polar surface area (TPSA) is 54.7 Å². The highest BCUT2D eigenvalue weighted by Gasteiger charge is 2.13. The van der Waals surface area contributed by atoms with Crippen LogP contribution in [0, 0.1) is 6.92 Å². The zero-order valence-electron chi connectivity index (χ0n) is 16.4. The summed E-state index contributed by atoms with van der Waals surface area (Å²) < 4.78 is 10.6. The fourth-order valence-electron chi connectivity index (χ4n) is 3.01. The monoisotopic (exact) mass is 378 g/mol. The molecule has 1 heterocycles. The summed E-state index contributed by atoms with van der Waals surface area (Å²) in [5.41, 5.74) is 4.31. The zero-order valence-corrected chi connectivity index (χ0v) is 16.4. The highest BCUT2D eigenvalue weighted by atomic mass is 16.5. The van der Waals surface area contributed by atoms with Crippen molar-refractivity contribution in [1.82, 2.24) is 5.32 Å². The van der Waals surface area contributed by atoms with Crippen molar-refractivity contribution in [1.29, 1.82) is 0 Å². The fourth-order valence-corrected chi connectivity index (χ4v) is 3.01. The molecule has 0 bridgehead atoms. The smallest absolute Gasteiger partial charge is 0.239 e. The van der Waals surface area contributed by atoms with E-state index in [0.717, 1.165) is 22.6 Å². The minimum Gasteiger partial charge on any atom is -0.467 e. The molecule has 0 aliphatic heterocycles. The number of benzene rings is 2. The molecule has 1 N–H and O–H groups in total. The van der Waals surface area contributed by atoms with E-state index in [-0.39, 0.29) is 12.5 Å². The van der Waals surface area contributed by atoms with Gasteiger partial charge in [0, 0.05) is 19.3 Å². The zero-order chi connectivity index (χ0) is 19.8. The number of carbonyl (C=O) groups is 1. The Morgan fingerprint density at radius 1 is 1.07 bits per heavy atom. The van der Waals surface area contributed by atoms with E-state index >= 15 is 0 Å². The first-order valence-electron chi connectivity index (χ1n) is 9.31. The number of amides is 1. The predicted molar refractivity (Wildman–Crippen MR) is 110 cm³/mol. The Hall–Kier alpha value is -3.05. The van der Waals surface area contributed by atoms with Crippen molar-refractivity contribution >= 4 is 11.6 Å². The van der Waals surface area contributed by atoms with Crippen LogP contribution in [0.4, 0.5) is 5.69 Å². The molecular formula is C23H26N2O3. The van der Waals surface area contributed by atoms with Gasteiger partial charge >= 0.3 is 0 Å². The van der Waals surface area contributed by atoms with E-state index in [1.165, 1.54) is 5.56 Å². The summed E-state index contributed by atoms with van der Waals surface area (Å²) in [6.45, 7) is 3.88. The maximum atomic E-state index is 12.6. The Balaban J connectivity index is 1.63. The fraction of sp³-hybridized carbons (Fsp3) is 0.261. The van der Waals surface area contributed by atoms with Gasteiger partial charge in [-0.25, -0.2) is 0 Å². The SMILES string of the molecule is COCc1cccc(CNC(=O)CN(Cc2ccco2)c2ccc(C)cc2)c1. The number of nitrogens with one attached hydrogen (secondary N) is 1. The third-order valence-corrected chi connectivity index (χ3v) is 4.45. The van der Waals surface area contributed by atoms with E-state index in [4.69, 9.17) is 9.15 Å². The predicted octanol–water partition coefficient (Wildman–Crippen LogP) is 4.06. The molecule has 5 nitrogen and oxygen atoms in total. The second-order valence-corrected chi connectivity index (χ2v) is 6.80. The van der Waals surface area contributed by atoms with Crippen LogP contribution in [-0.4, -0.2) is 19.6 Å². The van der Waals surface area contributed by atoms with Crippen molar-refractivity contribution in [2.75, 3.05) is 18.6 Å². The van der Waals surface area contributed by atoms with Crippen LogP contribution in [0.3, 0.4) is 0 Å². The van der Waals surface area contributed by atoms with Crippen molar-refractivity contribution < 1.29 is 13.9 Å². The van der Waals surface area contributed by atoms with Gasteiger partial charge in [0.1, 0.15) is 5.76 Å². The van der Waals surface area contributed by atoms with Gasteiger partial charge < -0.3 is 19.4 Å². The lowest BCUT2D eigenvalue weighted by Crippen LogP contribution is -2.36. The van der Waals surface area contributed by atoms with Gasteiger partial charge in [-0.2, -0.15) is 0 Å². The van der Waals surface area contributed by atoms with Crippen molar-refractivity contribution in [2.24, 2.45) is 0 Å². The highest BCUT2D eigenvalue weighted by molar-refractivity contribution is 5.81. The molecule has 3 rings (SSSR count). The normalized spacial score (nSPS) is 10.6. The summed E-state index contributed by atoms with van der Waals surface area (Å²) in [5.74, 6) is 0.782. The molecule has 28 heavy (non-hydrogen) atoms. The standard InChI is InChI=1S/C23H26N2O3/c1-18-8-10-21(11-9-18)25(15-22-7-4-12-28-22)16-23(26)24-14-19-5-3-6-20(13-19)17-27-2/h3-13H,14-17H2,1-2H3,(H,24,26). The first kappa shape index (κ1) is 19.7. The lowest BCUT2D eigenvalue weighted by atomic mass is 10.1. The molecule has 0 saturated heterocycles. The van der Waals surface area contributed by atoms with E-state index in [0.29, 0.717) is 19.7 Å². The third-order valence-electron chi connectivity index (χ3n) is 4.45. The molecule has 3 aromatic rings. The Morgan fingerprint density at radius 2 is 1.86 bits per heavy atom. The van der Waals surface area contributed by atoms with Gasteiger partial charge in [-0.05, 0) is 42.3 Å². The van der Waals surface area contributed by atoms with Crippen molar-refractivity contribution in [3.63, 3.8) is 0 Å². The van der Waals surface area contributed by atoms with Crippen LogP contribution < -0.4 is 10.2 Å². The van der Waals surface area contributed by atoms with E-state index in [1.54, 1.807) is 13.4 Å². The van der Waals surface area contributed by atoms with Crippen LogP contribution in [0.1, 0.15) is 22.5 Å². The summed E-state index contributed by atoms with van der Waals surface area (Å²) in [5, 5.41) is 3.01. The molecule has 0 aliphatic rings. The molecule has 1 amide bonds. The number of furan rings is 1. The number of hydrogen-bond donors (Lipinski definition) is 1. The number of rotatable bonds is 9. The number of aryl methyl sites for hydroxylation is 1. The average Bonchev–Trinajstić information content (AvgIpc) is 3.20. The number of ether oxygens (including phenoxy) is 1. The lowest BCUT2D eigenvalue weighted by molar-refractivity contribution is -0.119. The number of methoxy groups -OCH3 is 1. The van der Waals surface area contributed by atoms with Gasteiger partial charge in [0.05, 0.1) is 26.0 Å². The Kier molecular flexibility index (Phi) is 6.87. The van der Waals surface area contributed by atoms with Crippen LogP contribution in [0.5, 0.6) is 0 Å². The molecule has 146 valence electrons. The molecule has 5 heteroatoms. The Morgan fingerprint density at radius 3 is 2.57 bits per heavy atom. The van der Waals surface area contributed by atoms with Gasteiger partial charge in [0.25, 0.3) is 0 Å². The second kappa shape index (κ2) is 9.76. The van der Waals surface area contributed by atoms with Gasteiger partial charge in [0.15, 0.2) is 0 Å². The van der Waals surface area contributed by atoms with Crippen LogP contribution in [-0.2, 0) is 29.2 Å². The largest absolute Gasteiger partial charge is 0.467 e.